The molecule has 0 saturated carbocycles. The van der Waals surface area contributed by atoms with Crippen molar-refractivity contribution in [2.45, 2.75) is 13.0 Å². The van der Waals surface area contributed by atoms with Crippen molar-refractivity contribution >= 4 is 11.8 Å². The van der Waals surface area contributed by atoms with Crippen molar-refractivity contribution < 1.29 is 18.8 Å². The molecule has 0 aromatic heterocycles. The van der Waals surface area contributed by atoms with Gasteiger partial charge in [-0.25, -0.2) is 4.39 Å². The highest BCUT2D eigenvalue weighted by molar-refractivity contribution is 6.09. The van der Waals surface area contributed by atoms with E-state index in [1.807, 2.05) is 36.4 Å². The van der Waals surface area contributed by atoms with Crippen LogP contribution >= 0.6 is 0 Å². The first-order chi connectivity index (χ1) is 13.1. The highest BCUT2D eigenvalue weighted by atomic mass is 19.1. The number of fused-ring (bicyclic) bond motifs is 1. The number of halogens is 1. The normalized spacial score (nSPS) is 13.6. The largest absolute Gasteiger partial charge is 0.285 e. The van der Waals surface area contributed by atoms with Crippen LogP contribution in [-0.4, -0.2) is 16.9 Å². The van der Waals surface area contributed by atoms with E-state index in [1.165, 1.54) is 12.1 Å². The van der Waals surface area contributed by atoms with E-state index in [0.717, 1.165) is 21.8 Å². The van der Waals surface area contributed by atoms with Gasteiger partial charge in [0.05, 0.1) is 6.42 Å². The van der Waals surface area contributed by atoms with Crippen molar-refractivity contribution in [3.8, 4) is 11.1 Å². The van der Waals surface area contributed by atoms with Gasteiger partial charge >= 0.3 is 0 Å². The molecule has 3 aromatic carbocycles. The summed E-state index contributed by atoms with van der Waals surface area (Å²) in [5, 5.41) is 0.837. The monoisotopic (exact) mass is 361 g/mol. The lowest BCUT2D eigenvalue weighted by molar-refractivity contribution is -0.174. The Balaban J connectivity index is 1.60. The predicted molar refractivity (Wildman–Crippen MR) is 97.9 cm³/mol. The van der Waals surface area contributed by atoms with Gasteiger partial charge in [0.2, 0.25) is 0 Å². The lowest BCUT2D eigenvalue weighted by atomic mass is 9.94. The van der Waals surface area contributed by atoms with E-state index in [1.54, 1.807) is 24.3 Å². The summed E-state index contributed by atoms with van der Waals surface area (Å²) in [5.41, 5.74) is 3.52. The molecule has 0 radical (unpaired) electrons. The summed E-state index contributed by atoms with van der Waals surface area (Å²) in [6, 6.07) is 20.7. The van der Waals surface area contributed by atoms with Crippen molar-refractivity contribution in [3.63, 3.8) is 0 Å². The molecule has 0 aliphatic carbocycles. The number of rotatable bonds is 4. The summed E-state index contributed by atoms with van der Waals surface area (Å²) in [5.74, 6) is -1.20. The van der Waals surface area contributed by atoms with E-state index in [0.29, 0.717) is 11.1 Å². The highest BCUT2D eigenvalue weighted by Crippen LogP contribution is 2.27. The van der Waals surface area contributed by atoms with Gasteiger partial charge in [-0.3, -0.25) is 14.4 Å². The van der Waals surface area contributed by atoms with Crippen LogP contribution in [0.2, 0.25) is 0 Å². The Morgan fingerprint density at radius 2 is 1.59 bits per heavy atom. The van der Waals surface area contributed by atoms with E-state index < -0.39 is 11.8 Å². The Hall–Kier alpha value is -3.31. The molecule has 2 amide bonds. The molecular weight excluding hydrogens is 345 g/mol. The lowest BCUT2D eigenvalue weighted by Crippen LogP contribution is -2.42. The second kappa shape index (κ2) is 7.13. The van der Waals surface area contributed by atoms with E-state index in [4.69, 9.17) is 4.84 Å². The zero-order valence-corrected chi connectivity index (χ0v) is 14.4. The zero-order valence-electron chi connectivity index (χ0n) is 14.4. The maximum atomic E-state index is 13.1. The van der Waals surface area contributed by atoms with Crippen molar-refractivity contribution in [3.05, 3.63) is 95.3 Å². The van der Waals surface area contributed by atoms with Gasteiger partial charge in [-0.05, 0) is 40.5 Å². The number of hydrogen-bond donors (Lipinski definition) is 0. The second-order valence-electron chi connectivity index (χ2n) is 6.31. The molecule has 0 fully saturated rings. The predicted octanol–water partition coefficient (Wildman–Crippen LogP) is 4.15. The Bertz CT molecular complexity index is 1000. The Morgan fingerprint density at radius 3 is 2.33 bits per heavy atom. The van der Waals surface area contributed by atoms with Gasteiger partial charge in [-0.2, -0.15) is 0 Å². The Morgan fingerprint density at radius 1 is 0.889 bits per heavy atom. The zero-order chi connectivity index (χ0) is 18.8. The van der Waals surface area contributed by atoms with E-state index in [2.05, 4.69) is 0 Å². The van der Waals surface area contributed by atoms with Gasteiger partial charge < -0.3 is 0 Å². The van der Waals surface area contributed by atoms with Gasteiger partial charge in [0.15, 0.2) is 0 Å². The molecule has 1 aliphatic rings. The lowest BCUT2D eigenvalue weighted by Gasteiger charge is -2.26. The van der Waals surface area contributed by atoms with Crippen LogP contribution in [0.5, 0.6) is 0 Å². The van der Waals surface area contributed by atoms with E-state index >= 15 is 0 Å². The SMILES string of the molecule is O=C1Cc2ccc(-c3ccc(F)cc3)cc2C(=O)N1OCc1ccccc1. The Kier molecular flexibility index (Phi) is 4.52. The minimum atomic E-state index is -0.485. The molecule has 0 atom stereocenters. The first kappa shape index (κ1) is 17.1. The summed E-state index contributed by atoms with van der Waals surface area (Å²) in [7, 11) is 0. The minimum absolute atomic E-state index is 0.0968. The van der Waals surface area contributed by atoms with E-state index in [9.17, 15) is 14.0 Å². The first-order valence-electron chi connectivity index (χ1n) is 8.55. The van der Waals surface area contributed by atoms with Gasteiger partial charge in [0.1, 0.15) is 12.4 Å². The van der Waals surface area contributed by atoms with Crippen LogP contribution in [0.15, 0.2) is 72.8 Å². The minimum Gasteiger partial charge on any atom is -0.272 e. The number of carbonyl (C=O) groups excluding carboxylic acids is 2. The summed E-state index contributed by atoms with van der Waals surface area (Å²) in [4.78, 5) is 30.6. The maximum Gasteiger partial charge on any atom is 0.285 e. The standard InChI is InChI=1S/C22H16FNO3/c23-19-10-8-16(9-11-19)17-6-7-18-13-21(25)24(22(26)20(18)12-17)27-14-15-4-2-1-3-5-15/h1-12H,13-14H2. The quantitative estimate of drug-likeness (QED) is 0.656. The molecular formula is C22H16FNO3. The molecule has 134 valence electrons. The van der Waals surface area contributed by atoms with Gasteiger partial charge in [0, 0.05) is 5.56 Å². The van der Waals surface area contributed by atoms with Crippen LogP contribution in [0, 0.1) is 5.82 Å². The molecule has 27 heavy (non-hydrogen) atoms. The molecule has 4 rings (SSSR count). The van der Waals surface area contributed by atoms with Crippen molar-refractivity contribution in [1.29, 1.82) is 0 Å². The Labute approximate surface area is 155 Å². The third-order valence-electron chi connectivity index (χ3n) is 4.47. The van der Waals surface area contributed by atoms with Crippen LogP contribution in [0.3, 0.4) is 0 Å². The molecule has 1 aliphatic heterocycles. The van der Waals surface area contributed by atoms with Crippen molar-refractivity contribution in [1.82, 2.24) is 5.06 Å². The average Bonchev–Trinajstić information content (AvgIpc) is 2.69. The number of imide groups is 1. The maximum absolute atomic E-state index is 13.1. The van der Waals surface area contributed by atoms with Crippen LogP contribution < -0.4 is 0 Å². The molecule has 1 heterocycles. The summed E-state index contributed by atoms with van der Waals surface area (Å²) in [6.45, 7) is 0.130. The van der Waals surface area contributed by atoms with Crippen LogP contribution in [0.1, 0.15) is 21.5 Å². The van der Waals surface area contributed by atoms with Crippen molar-refractivity contribution in [2.75, 3.05) is 0 Å². The fraction of sp³-hybridized carbons (Fsp3) is 0.0909. The topological polar surface area (TPSA) is 46.6 Å². The van der Waals surface area contributed by atoms with Gasteiger partial charge in [-0.1, -0.05) is 54.6 Å². The first-order valence-corrected chi connectivity index (χ1v) is 8.55. The van der Waals surface area contributed by atoms with Crippen LogP contribution in [0.25, 0.3) is 11.1 Å². The third-order valence-corrected chi connectivity index (χ3v) is 4.47. The number of hydroxylamine groups is 2. The molecule has 0 bridgehead atoms. The van der Waals surface area contributed by atoms with Crippen molar-refractivity contribution in [2.24, 2.45) is 0 Å². The smallest absolute Gasteiger partial charge is 0.272 e. The third kappa shape index (κ3) is 3.50. The molecule has 4 nitrogen and oxygen atoms in total. The number of amides is 2. The molecule has 5 heteroatoms. The van der Waals surface area contributed by atoms with Crippen LogP contribution in [-0.2, 0) is 22.7 Å². The fourth-order valence-corrected chi connectivity index (χ4v) is 3.05. The molecule has 0 N–H and O–H groups in total. The molecule has 0 unspecified atom stereocenters. The summed E-state index contributed by atoms with van der Waals surface area (Å²) in [6.07, 6.45) is 0.0968. The number of benzene rings is 3. The molecule has 0 saturated heterocycles. The van der Waals surface area contributed by atoms with Crippen LogP contribution in [0.4, 0.5) is 4.39 Å². The summed E-state index contributed by atoms with van der Waals surface area (Å²) >= 11 is 0. The fourth-order valence-electron chi connectivity index (χ4n) is 3.05. The summed E-state index contributed by atoms with van der Waals surface area (Å²) < 4.78 is 13.1. The van der Waals surface area contributed by atoms with Gasteiger partial charge in [0.25, 0.3) is 11.8 Å². The molecule has 0 spiro atoms. The van der Waals surface area contributed by atoms with E-state index in [-0.39, 0.29) is 18.8 Å². The highest BCUT2D eigenvalue weighted by Gasteiger charge is 2.32. The number of hydrogen-bond acceptors (Lipinski definition) is 3. The second-order valence-corrected chi connectivity index (χ2v) is 6.31. The number of nitrogens with zero attached hydrogens (tertiary/aromatic N) is 1. The molecule has 3 aromatic rings. The number of carbonyl (C=O) groups is 2. The average molecular weight is 361 g/mol. The van der Waals surface area contributed by atoms with Gasteiger partial charge in [-0.15, -0.1) is 5.06 Å².